The standard InChI is InChI=1S/C13H12N8O2S/c1-8-15-11(18-23-8)6-21-5-9(16-19-21)10-3-4-12(22-10)24-13-17-14-7-20(13)2/h3-5,7H,6H2,1-2H3. The minimum absolute atomic E-state index is 0.381. The van der Waals surface area contributed by atoms with Gasteiger partial charge in [0.05, 0.1) is 6.20 Å². The van der Waals surface area contributed by atoms with E-state index in [9.17, 15) is 0 Å². The van der Waals surface area contributed by atoms with E-state index in [-0.39, 0.29) is 0 Å². The largest absolute Gasteiger partial charge is 0.448 e. The topological polar surface area (TPSA) is 113 Å². The van der Waals surface area contributed by atoms with Gasteiger partial charge in [-0.05, 0) is 23.9 Å². The molecule has 0 aliphatic rings. The van der Waals surface area contributed by atoms with Crippen LogP contribution < -0.4 is 0 Å². The Bertz CT molecular complexity index is 968. The normalized spacial score (nSPS) is 11.2. The van der Waals surface area contributed by atoms with E-state index in [1.807, 2.05) is 23.7 Å². The lowest BCUT2D eigenvalue weighted by molar-refractivity contribution is 0.385. The minimum Gasteiger partial charge on any atom is -0.448 e. The molecule has 0 atom stereocenters. The zero-order valence-corrected chi connectivity index (χ0v) is 13.6. The fourth-order valence-corrected chi connectivity index (χ4v) is 2.73. The lowest BCUT2D eigenvalue weighted by Gasteiger charge is -1.95. The number of hydrogen-bond acceptors (Lipinski definition) is 9. The Hall–Kier alpha value is -2.95. The average Bonchev–Trinajstić information content (AvgIpc) is 3.31. The monoisotopic (exact) mass is 344 g/mol. The molecular weight excluding hydrogens is 332 g/mol. The molecule has 24 heavy (non-hydrogen) atoms. The van der Waals surface area contributed by atoms with Crippen LogP contribution >= 0.6 is 11.8 Å². The van der Waals surface area contributed by atoms with Crippen molar-refractivity contribution in [3.63, 3.8) is 0 Å². The zero-order chi connectivity index (χ0) is 16.5. The lowest BCUT2D eigenvalue weighted by Crippen LogP contribution is -2.02. The van der Waals surface area contributed by atoms with Crippen LogP contribution in [0.15, 0.2) is 43.8 Å². The van der Waals surface area contributed by atoms with Crippen molar-refractivity contribution in [3.8, 4) is 11.5 Å². The van der Waals surface area contributed by atoms with Gasteiger partial charge in [-0.2, -0.15) is 4.98 Å². The number of rotatable bonds is 5. The summed E-state index contributed by atoms with van der Waals surface area (Å²) in [6.45, 7) is 2.12. The van der Waals surface area contributed by atoms with Gasteiger partial charge in [0, 0.05) is 14.0 Å². The van der Waals surface area contributed by atoms with Crippen molar-refractivity contribution in [3.05, 3.63) is 36.4 Å². The van der Waals surface area contributed by atoms with Gasteiger partial charge in [0.2, 0.25) is 5.89 Å². The van der Waals surface area contributed by atoms with Gasteiger partial charge >= 0.3 is 0 Å². The number of hydrogen-bond donors (Lipinski definition) is 0. The van der Waals surface area contributed by atoms with Gasteiger partial charge < -0.3 is 13.5 Å². The van der Waals surface area contributed by atoms with Crippen LogP contribution in [0.3, 0.4) is 0 Å². The Morgan fingerprint density at radius 3 is 2.92 bits per heavy atom. The fourth-order valence-electron chi connectivity index (χ4n) is 2.01. The van der Waals surface area contributed by atoms with E-state index in [4.69, 9.17) is 8.94 Å². The summed E-state index contributed by atoms with van der Waals surface area (Å²) in [5.74, 6) is 1.68. The summed E-state index contributed by atoms with van der Waals surface area (Å²) < 4.78 is 14.2. The summed E-state index contributed by atoms with van der Waals surface area (Å²) in [4.78, 5) is 4.13. The third-order valence-electron chi connectivity index (χ3n) is 3.11. The van der Waals surface area contributed by atoms with Crippen molar-refractivity contribution in [1.82, 2.24) is 39.9 Å². The second kappa shape index (κ2) is 5.92. The van der Waals surface area contributed by atoms with Gasteiger partial charge in [0.1, 0.15) is 18.6 Å². The molecule has 4 heterocycles. The van der Waals surface area contributed by atoms with Gasteiger partial charge in [-0.15, -0.1) is 15.3 Å². The molecule has 0 fully saturated rings. The molecule has 0 amide bonds. The maximum atomic E-state index is 5.78. The van der Waals surface area contributed by atoms with Crippen molar-refractivity contribution < 1.29 is 8.94 Å². The molecule has 0 aliphatic carbocycles. The Balaban J connectivity index is 1.49. The smallest absolute Gasteiger partial charge is 0.223 e. The third-order valence-corrected chi connectivity index (χ3v) is 4.08. The molecule has 4 aromatic rings. The van der Waals surface area contributed by atoms with Crippen LogP contribution in [0, 0.1) is 6.92 Å². The summed E-state index contributed by atoms with van der Waals surface area (Å²) in [7, 11) is 1.87. The van der Waals surface area contributed by atoms with Gasteiger partial charge in [-0.1, -0.05) is 10.4 Å². The van der Waals surface area contributed by atoms with Gasteiger partial charge in [0.25, 0.3) is 0 Å². The first-order valence-electron chi connectivity index (χ1n) is 6.99. The summed E-state index contributed by atoms with van der Waals surface area (Å²) in [5, 5.41) is 21.3. The van der Waals surface area contributed by atoms with Gasteiger partial charge in [-0.25, -0.2) is 4.68 Å². The molecule has 10 nitrogen and oxygen atoms in total. The fraction of sp³-hybridized carbons (Fsp3) is 0.231. The second-order valence-corrected chi connectivity index (χ2v) is 5.95. The number of aryl methyl sites for hydroxylation is 2. The highest BCUT2D eigenvalue weighted by molar-refractivity contribution is 7.99. The maximum absolute atomic E-state index is 5.78. The first kappa shape index (κ1) is 14.6. The van der Waals surface area contributed by atoms with Gasteiger partial charge in [-0.3, -0.25) is 0 Å². The molecule has 0 bridgehead atoms. The summed E-state index contributed by atoms with van der Waals surface area (Å²) in [6, 6.07) is 3.70. The number of aromatic nitrogens is 8. The number of furan rings is 1. The quantitative estimate of drug-likeness (QED) is 0.532. The van der Waals surface area contributed by atoms with Crippen molar-refractivity contribution in [2.45, 2.75) is 23.7 Å². The van der Waals surface area contributed by atoms with Crippen LogP contribution in [0.25, 0.3) is 11.5 Å². The molecule has 0 aromatic carbocycles. The third kappa shape index (κ3) is 2.93. The highest BCUT2D eigenvalue weighted by atomic mass is 32.2. The van der Waals surface area contributed by atoms with Crippen LogP contribution in [-0.4, -0.2) is 39.9 Å². The van der Waals surface area contributed by atoms with E-state index < -0.39 is 0 Å². The molecule has 11 heteroatoms. The average molecular weight is 344 g/mol. The van der Waals surface area contributed by atoms with Crippen LogP contribution in [0.5, 0.6) is 0 Å². The van der Waals surface area contributed by atoms with Crippen LogP contribution in [0.4, 0.5) is 0 Å². The lowest BCUT2D eigenvalue weighted by atomic mass is 10.3. The molecular formula is C13H12N8O2S. The summed E-state index contributed by atoms with van der Waals surface area (Å²) >= 11 is 1.38. The van der Waals surface area contributed by atoms with E-state index in [1.165, 1.54) is 11.8 Å². The van der Waals surface area contributed by atoms with E-state index in [0.717, 1.165) is 5.16 Å². The SMILES string of the molecule is Cc1nc(Cn2cc(-c3ccc(Sc4nncn4C)o3)nn2)no1. The highest BCUT2D eigenvalue weighted by Gasteiger charge is 2.13. The Kier molecular flexibility index (Phi) is 3.61. The molecule has 0 saturated carbocycles. The Labute approximate surface area is 139 Å². The van der Waals surface area contributed by atoms with Crippen molar-refractivity contribution in [1.29, 1.82) is 0 Å². The predicted molar refractivity (Wildman–Crippen MR) is 81.0 cm³/mol. The number of nitrogens with zero attached hydrogens (tertiary/aromatic N) is 8. The van der Waals surface area contributed by atoms with Crippen molar-refractivity contribution >= 4 is 11.8 Å². The zero-order valence-electron chi connectivity index (χ0n) is 12.8. The molecule has 4 rings (SSSR count). The first-order valence-corrected chi connectivity index (χ1v) is 7.80. The highest BCUT2D eigenvalue weighted by Crippen LogP contribution is 2.30. The summed E-state index contributed by atoms with van der Waals surface area (Å²) in [5.41, 5.74) is 0.625. The van der Waals surface area contributed by atoms with Gasteiger partial charge in [0.15, 0.2) is 21.8 Å². The van der Waals surface area contributed by atoms with E-state index in [1.54, 1.807) is 24.1 Å². The first-order chi connectivity index (χ1) is 11.7. The molecule has 4 aromatic heterocycles. The van der Waals surface area contributed by atoms with E-state index in [2.05, 4.69) is 30.7 Å². The molecule has 0 N–H and O–H groups in total. The predicted octanol–water partition coefficient (Wildman–Crippen LogP) is 1.56. The molecule has 0 unspecified atom stereocenters. The van der Waals surface area contributed by atoms with Crippen molar-refractivity contribution in [2.75, 3.05) is 0 Å². The molecule has 0 spiro atoms. The van der Waals surface area contributed by atoms with E-state index in [0.29, 0.717) is 34.8 Å². The molecule has 0 saturated heterocycles. The molecule has 0 radical (unpaired) electrons. The van der Waals surface area contributed by atoms with Crippen LogP contribution in [-0.2, 0) is 13.6 Å². The van der Waals surface area contributed by atoms with Crippen LogP contribution in [0.2, 0.25) is 0 Å². The van der Waals surface area contributed by atoms with Crippen molar-refractivity contribution in [2.24, 2.45) is 7.05 Å². The Morgan fingerprint density at radius 1 is 1.25 bits per heavy atom. The van der Waals surface area contributed by atoms with Crippen LogP contribution in [0.1, 0.15) is 11.7 Å². The molecule has 122 valence electrons. The maximum Gasteiger partial charge on any atom is 0.223 e. The Morgan fingerprint density at radius 2 is 2.17 bits per heavy atom. The summed E-state index contributed by atoms with van der Waals surface area (Å²) in [6.07, 6.45) is 3.40. The molecule has 0 aliphatic heterocycles. The van der Waals surface area contributed by atoms with E-state index >= 15 is 0 Å². The minimum atomic E-state index is 0.381. The second-order valence-electron chi connectivity index (χ2n) is 4.98.